The molecule has 5 nitrogen and oxygen atoms in total. The Morgan fingerprint density at radius 1 is 1.14 bits per heavy atom. The van der Waals surface area contributed by atoms with Crippen LogP contribution < -0.4 is 10.6 Å². The minimum Gasteiger partial charge on any atom is -0.370 e. The van der Waals surface area contributed by atoms with Crippen molar-refractivity contribution in [3.63, 3.8) is 0 Å². The smallest absolute Gasteiger partial charge is 0.260 e. The van der Waals surface area contributed by atoms with Crippen LogP contribution in [0.4, 0.5) is 11.6 Å². The number of nitrogens with zero attached hydrogens (tertiary/aromatic N) is 2. The summed E-state index contributed by atoms with van der Waals surface area (Å²) in [5.41, 5.74) is 1.35. The van der Waals surface area contributed by atoms with Crippen LogP contribution in [0.15, 0.2) is 33.5 Å². The molecule has 0 saturated carbocycles. The van der Waals surface area contributed by atoms with E-state index in [-0.39, 0.29) is 5.91 Å². The molecule has 2 heterocycles. The van der Waals surface area contributed by atoms with E-state index >= 15 is 0 Å². The minimum atomic E-state index is -0.252. The average Bonchev–Trinajstić information content (AvgIpc) is 2.44. The van der Waals surface area contributed by atoms with Crippen LogP contribution in [0.2, 0.25) is 0 Å². The molecule has 2 aromatic heterocycles. The second-order valence-corrected chi connectivity index (χ2v) is 6.18. The largest absolute Gasteiger partial charge is 0.370 e. The lowest BCUT2D eigenvalue weighted by molar-refractivity contribution is 0.102. The highest BCUT2D eigenvalue weighted by molar-refractivity contribution is 9.10. The topological polar surface area (TPSA) is 66.9 Å². The number of halogens is 2. The third-order valence-electron chi connectivity index (χ3n) is 2.72. The monoisotopic (exact) mass is 412 g/mol. The van der Waals surface area contributed by atoms with Crippen molar-refractivity contribution < 1.29 is 4.79 Å². The lowest BCUT2D eigenvalue weighted by atomic mass is 10.2. The summed E-state index contributed by atoms with van der Waals surface area (Å²) < 4.78 is 1.62. The van der Waals surface area contributed by atoms with E-state index in [2.05, 4.69) is 52.5 Å². The molecular weight excluding hydrogens is 400 g/mol. The second-order valence-electron chi connectivity index (χ2n) is 4.35. The molecule has 2 N–H and O–H groups in total. The Kier molecular flexibility index (Phi) is 5.30. The molecule has 7 heteroatoms. The number of nitrogens with one attached hydrogen (secondary N) is 2. The molecule has 0 saturated heterocycles. The first-order valence-corrected chi connectivity index (χ1v) is 7.92. The van der Waals surface area contributed by atoms with Crippen molar-refractivity contribution in [1.82, 2.24) is 9.97 Å². The summed E-state index contributed by atoms with van der Waals surface area (Å²) in [5.74, 6) is 0.830. The number of hydrogen-bond donors (Lipinski definition) is 2. The van der Waals surface area contributed by atoms with Gasteiger partial charge in [0.05, 0.1) is 5.56 Å². The number of amides is 1. The third-order valence-corrected chi connectivity index (χ3v) is 3.59. The SMILES string of the molecule is CCNc1ncc(Br)cc1C(=O)Nc1ncc(Br)cc1C. The molecule has 0 fully saturated rings. The Morgan fingerprint density at radius 2 is 1.76 bits per heavy atom. The average molecular weight is 414 g/mol. The highest BCUT2D eigenvalue weighted by Gasteiger charge is 2.15. The quantitative estimate of drug-likeness (QED) is 0.794. The van der Waals surface area contributed by atoms with Gasteiger partial charge in [0.1, 0.15) is 11.6 Å². The first-order valence-electron chi connectivity index (χ1n) is 6.34. The summed E-state index contributed by atoms with van der Waals surface area (Å²) in [6.45, 7) is 4.52. The summed E-state index contributed by atoms with van der Waals surface area (Å²) in [7, 11) is 0. The molecule has 0 aromatic carbocycles. The van der Waals surface area contributed by atoms with Crippen molar-refractivity contribution in [2.24, 2.45) is 0 Å². The van der Waals surface area contributed by atoms with Crippen molar-refractivity contribution in [1.29, 1.82) is 0 Å². The van der Waals surface area contributed by atoms with Gasteiger partial charge in [-0.1, -0.05) is 0 Å². The van der Waals surface area contributed by atoms with Crippen LogP contribution in [-0.2, 0) is 0 Å². The summed E-state index contributed by atoms with van der Waals surface area (Å²) >= 11 is 6.68. The zero-order chi connectivity index (χ0) is 15.4. The fourth-order valence-corrected chi connectivity index (χ4v) is 2.54. The molecule has 0 spiro atoms. The minimum absolute atomic E-state index is 0.252. The molecule has 2 rings (SSSR count). The number of pyridine rings is 2. The van der Waals surface area contributed by atoms with Crippen LogP contribution in [0.1, 0.15) is 22.8 Å². The zero-order valence-electron chi connectivity index (χ0n) is 11.6. The van der Waals surface area contributed by atoms with Gasteiger partial charge in [0.25, 0.3) is 5.91 Å². The van der Waals surface area contributed by atoms with Gasteiger partial charge in [0, 0.05) is 27.9 Å². The summed E-state index contributed by atoms with van der Waals surface area (Å²) in [6.07, 6.45) is 3.30. The van der Waals surface area contributed by atoms with E-state index in [0.29, 0.717) is 23.7 Å². The van der Waals surface area contributed by atoms with Gasteiger partial charge in [0.2, 0.25) is 0 Å². The molecule has 2 aromatic rings. The Balaban J connectivity index is 2.29. The van der Waals surface area contributed by atoms with Crippen molar-refractivity contribution >= 4 is 49.4 Å². The molecule has 110 valence electrons. The molecule has 0 radical (unpaired) electrons. The van der Waals surface area contributed by atoms with Crippen molar-refractivity contribution in [3.05, 3.63) is 44.6 Å². The van der Waals surface area contributed by atoms with Gasteiger partial charge in [-0.25, -0.2) is 9.97 Å². The number of anilines is 2. The number of hydrogen-bond acceptors (Lipinski definition) is 4. The van der Waals surface area contributed by atoms with Gasteiger partial charge in [-0.05, 0) is 63.4 Å². The summed E-state index contributed by atoms with van der Waals surface area (Å²) in [4.78, 5) is 20.9. The van der Waals surface area contributed by atoms with Gasteiger partial charge < -0.3 is 10.6 Å². The van der Waals surface area contributed by atoms with Crippen molar-refractivity contribution in [2.45, 2.75) is 13.8 Å². The molecule has 0 atom stereocenters. The van der Waals surface area contributed by atoms with Crippen molar-refractivity contribution in [3.8, 4) is 0 Å². The normalized spacial score (nSPS) is 10.3. The van der Waals surface area contributed by atoms with Crippen molar-refractivity contribution in [2.75, 3.05) is 17.2 Å². The first-order chi connectivity index (χ1) is 10.0. The van der Waals surface area contributed by atoms with Gasteiger partial charge >= 0.3 is 0 Å². The van der Waals surface area contributed by atoms with E-state index in [1.54, 1.807) is 18.5 Å². The molecule has 0 unspecified atom stereocenters. The fourth-order valence-electron chi connectivity index (χ4n) is 1.77. The number of carbonyl (C=O) groups excluding carboxylic acids is 1. The lowest BCUT2D eigenvalue weighted by Crippen LogP contribution is -2.17. The molecule has 0 aliphatic carbocycles. The van der Waals surface area contributed by atoms with Crippen LogP contribution >= 0.6 is 31.9 Å². The summed E-state index contributed by atoms with van der Waals surface area (Å²) in [6, 6.07) is 3.63. The van der Waals surface area contributed by atoms with Crippen LogP contribution in [0.5, 0.6) is 0 Å². The van der Waals surface area contributed by atoms with E-state index in [4.69, 9.17) is 0 Å². The van der Waals surface area contributed by atoms with E-state index in [1.165, 1.54) is 0 Å². The molecule has 0 aliphatic heterocycles. The highest BCUT2D eigenvalue weighted by atomic mass is 79.9. The molecule has 21 heavy (non-hydrogen) atoms. The molecular formula is C14H14Br2N4O. The standard InChI is InChI=1S/C14H14Br2N4O/c1-3-17-13-11(5-10(16)7-19-13)14(21)20-12-8(2)4-9(15)6-18-12/h4-7H,3H2,1-2H3,(H,17,19)(H,18,20,21). The van der Waals surface area contributed by atoms with E-state index in [1.807, 2.05) is 19.9 Å². The Bertz CT molecular complexity index is 676. The van der Waals surface area contributed by atoms with E-state index in [9.17, 15) is 4.79 Å². The Morgan fingerprint density at radius 3 is 2.38 bits per heavy atom. The van der Waals surface area contributed by atoms with Gasteiger partial charge in [-0.3, -0.25) is 4.79 Å². The van der Waals surface area contributed by atoms with Gasteiger partial charge in [0.15, 0.2) is 0 Å². The number of aryl methyl sites for hydroxylation is 1. The van der Waals surface area contributed by atoms with Crippen LogP contribution in [0.25, 0.3) is 0 Å². The summed E-state index contributed by atoms with van der Waals surface area (Å²) in [5, 5.41) is 5.88. The molecule has 1 amide bonds. The second kappa shape index (κ2) is 7.00. The predicted octanol–water partition coefficient (Wildman–Crippen LogP) is 3.99. The van der Waals surface area contributed by atoms with Gasteiger partial charge in [-0.2, -0.15) is 0 Å². The maximum absolute atomic E-state index is 12.4. The van der Waals surface area contributed by atoms with Crippen LogP contribution in [-0.4, -0.2) is 22.4 Å². The molecule has 0 aliphatic rings. The Hall–Kier alpha value is -1.47. The fraction of sp³-hybridized carbons (Fsp3) is 0.214. The van der Waals surface area contributed by atoms with Crippen LogP contribution in [0.3, 0.4) is 0 Å². The zero-order valence-corrected chi connectivity index (χ0v) is 14.7. The highest BCUT2D eigenvalue weighted by Crippen LogP contribution is 2.21. The number of carbonyl (C=O) groups is 1. The first kappa shape index (κ1) is 15.9. The maximum Gasteiger partial charge on any atom is 0.260 e. The third kappa shape index (κ3) is 4.01. The lowest BCUT2D eigenvalue weighted by Gasteiger charge is -2.11. The Labute approximate surface area is 139 Å². The van der Waals surface area contributed by atoms with Gasteiger partial charge in [-0.15, -0.1) is 0 Å². The van der Waals surface area contributed by atoms with Crippen LogP contribution in [0, 0.1) is 6.92 Å². The molecule has 0 bridgehead atoms. The van der Waals surface area contributed by atoms with E-state index in [0.717, 1.165) is 14.5 Å². The maximum atomic E-state index is 12.4. The predicted molar refractivity (Wildman–Crippen MR) is 90.7 cm³/mol. The number of rotatable bonds is 4. The number of aromatic nitrogens is 2. The van der Waals surface area contributed by atoms with E-state index < -0.39 is 0 Å².